The van der Waals surface area contributed by atoms with Gasteiger partial charge in [-0.1, -0.05) is 12.2 Å². The number of phenols is 1. The predicted molar refractivity (Wildman–Crippen MR) is 91.6 cm³/mol. The van der Waals surface area contributed by atoms with Crippen LogP contribution in [-0.4, -0.2) is 46.6 Å². The van der Waals surface area contributed by atoms with E-state index >= 15 is 0 Å². The predicted octanol–water partition coefficient (Wildman–Crippen LogP) is 2.86. The lowest BCUT2D eigenvalue weighted by Gasteiger charge is -2.16. The van der Waals surface area contributed by atoms with Crippen LogP contribution in [0.3, 0.4) is 0 Å². The molecule has 1 saturated carbocycles. The molecule has 2 aliphatic rings. The molecule has 1 aromatic carbocycles. The summed E-state index contributed by atoms with van der Waals surface area (Å²) in [6.45, 7) is 6.28. The highest BCUT2D eigenvalue weighted by Gasteiger charge is 2.40. The third-order valence-corrected chi connectivity index (χ3v) is 4.69. The first-order valence-electron chi connectivity index (χ1n) is 8.33. The van der Waals surface area contributed by atoms with Crippen molar-refractivity contribution < 1.29 is 15.0 Å². The Labute approximate surface area is 138 Å². The molecule has 1 heterocycles. The topological polar surface area (TPSA) is 60.8 Å². The highest BCUT2D eigenvalue weighted by Crippen LogP contribution is 2.37. The normalized spacial score (nSPS) is 26.8. The molecule has 2 N–H and O–H groups in total. The molecule has 4 heteroatoms. The van der Waals surface area contributed by atoms with Gasteiger partial charge in [-0.2, -0.15) is 0 Å². The average molecular weight is 317 g/mol. The number of rotatable bonds is 3. The van der Waals surface area contributed by atoms with E-state index in [1.54, 1.807) is 24.3 Å². The van der Waals surface area contributed by atoms with Crippen LogP contribution in [0.4, 0.5) is 0 Å². The highest BCUT2D eigenvalue weighted by atomic mass is 16.3. The molecule has 1 unspecified atom stereocenters. The van der Waals surface area contributed by atoms with Crippen LogP contribution in [0.15, 0.2) is 36.4 Å². The number of Topliss-reactive ketones (excluding diaryl/α,β-unsaturated/α-hetero) is 1. The maximum Gasteiger partial charge on any atom is 0.176 e. The number of benzene rings is 1. The fraction of sp³-hybridized carbons (Fsp3) is 0.526. The van der Waals surface area contributed by atoms with E-state index in [0.717, 1.165) is 25.9 Å². The van der Waals surface area contributed by atoms with Gasteiger partial charge in [0.15, 0.2) is 5.78 Å². The number of hydrogen-bond acceptors (Lipinski definition) is 4. The molecule has 3 atom stereocenters. The monoisotopic (exact) mass is 317 g/mol. The van der Waals surface area contributed by atoms with Crippen LogP contribution in [0.25, 0.3) is 0 Å². The lowest BCUT2D eigenvalue weighted by atomic mass is 10.0. The van der Waals surface area contributed by atoms with Crippen molar-refractivity contribution >= 4 is 5.78 Å². The van der Waals surface area contributed by atoms with E-state index in [9.17, 15) is 15.0 Å². The van der Waals surface area contributed by atoms with E-state index in [4.69, 9.17) is 0 Å². The summed E-state index contributed by atoms with van der Waals surface area (Å²) in [6.07, 6.45) is 5.63. The number of phenolic OH excluding ortho intramolecular Hbond substituents is 1. The summed E-state index contributed by atoms with van der Waals surface area (Å²) in [4.78, 5) is 14.3. The number of carbonyl (C=O) groups excluding carboxylic acids is 1. The Balaban J connectivity index is 0.000000433. The van der Waals surface area contributed by atoms with Crippen LogP contribution in [0.5, 0.6) is 5.75 Å². The second-order valence-corrected chi connectivity index (χ2v) is 6.48. The molecule has 1 aromatic rings. The number of nitrogens with zero attached hydrogens (tertiary/aromatic N) is 1. The number of ketones is 1. The van der Waals surface area contributed by atoms with E-state index < -0.39 is 0 Å². The number of likely N-dealkylation sites (tertiary alicyclic amines) is 1. The molecule has 3 rings (SSSR count). The second kappa shape index (κ2) is 8.27. The molecule has 0 spiro atoms. The van der Waals surface area contributed by atoms with Crippen LogP contribution in [0, 0.1) is 11.8 Å². The molecule has 0 amide bonds. The fourth-order valence-electron chi connectivity index (χ4n) is 3.44. The first-order valence-corrected chi connectivity index (χ1v) is 8.33. The van der Waals surface area contributed by atoms with E-state index in [2.05, 4.69) is 4.90 Å². The first-order chi connectivity index (χ1) is 11.0. The van der Waals surface area contributed by atoms with Crippen molar-refractivity contribution in [2.45, 2.75) is 32.8 Å². The zero-order valence-corrected chi connectivity index (χ0v) is 14.0. The Morgan fingerprint density at radius 2 is 1.65 bits per heavy atom. The van der Waals surface area contributed by atoms with Gasteiger partial charge in [-0.15, -0.1) is 0 Å². The molecule has 1 aliphatic carbocycles. The Morgan fingerprint density at radius 3 is 2.13 bits per heavy atom. The number of aliphatic hydroxyl groups excluding tert-OH is 1. The molecule has 1 saturated heterocycles. The van der Waals surface area contributed by atoms with Crippen LogP contribution in [0.2, 0.25) is 0 Å². The third kappa shape index (κ3) is 4.91. The van der Waals surface area contributed by atoms with E-state index in [1.165, 1.54) is 0 Å². The largest absolute Gasteiger partial charge is 0.508 e. The van der Waals surface area contributed by atoms with Gasteiger partial charge < -0.3 is 10.2 Å². The van der Waals surface area contributed by atoms with Crippen molar-refractivity contribution in [2.75, 3.05) is 19.6 Å². The molecule has 0 bridgehead atoms. The zero-order valence-electron chi connectivity index (χ0n) is 14.0. The van der Waals surface area contributed by atoms with Gasteiger partial charge >= 0.3 is 0 Å². The molecule has 0 aromatic heterocycles. The minimum Gasteiger partial charge on any atom is -0.508 e. The minimum absolute atomic E-state index is 0.0977. The van der Waals surface area contributed by atoms with Gasteiger partial charge in [0.25, 0.3) is 0 Å². The highest BCUT2D eigenvalue weighted by molar-refractivity contribution is 5.97. The zero-order chi connectivity index (χ0) is 16.8. The summed E-state index contributed by atoms with van der Waals surface area (Å²) in [5, 5.41) is 18.8. The van der Waals surface area contributed by atoms with Gasteiger partial charge in [-0.3, -0.25) is 9.69 Å². The van der Waals surface area contributed by atoms with Gasteiger partial charge in [-0.05, 0) is 62.8 Å². The maximum absolute atomic E-state index is 12.1. The molecule has 1 aliphatic heterocycles. The first kappa shape index (κ1) is 17.7. The van der Waals surface area contributed by atoms with E-state index in [-0.39, 0.29) is 17.6 Å². The number of aromatic hydroxyl groups is 1. The van der Waals surface area contributed by atoms with Gasteiger partial charge in [0.05, 0.1) is 12.6 Å². The molecular weight excluding hydrogens is 290 g/mol. The summed E-state index contributed by atoms with van der Waals surface area (Å²) < 4.78 is 0. The average Bonchev–Trinajstić information content (AvgIpc) is 3.04. The van der Waals surface area contributed by atoms with Gasteiger partial charge in [0.2, 0.25) is 0 Å². The summed E-state index contributed by atoms with van der Waals surface area (Å²) in [5.74, 6) is 1.40. The van der Waals surface area contributed by atoms with Crippen molar-refractivity contribution in [3.05, 3.63) is 42.0 Å². The minimum atomic E-state index is -0.134. The molecule has 2 fully saturated rings. The lowest BCUT2D eigenvalue weighted by Crippen LogP contribution is -2.29. The Kier molecular flexibility index (Phi) is 6.37. The second-order valence-electron chi connectivity index (χ2n) is 6.48. The van der Waals surface area contributed by atoms with Crippen LogP contribution >= 0.6 is 0 Å². The molecule has 23 heavy (non-hydrogen) atoms. The SMILES string of the molecule is C/C=C\C.O=C(CN1C[C@H]2CC(O)C[C@H]2C1)c1ccc(O)cc1. The molecular formula is C19H27NO3. The molecule has 126 valence electrons. The Bertz CT molecular complexity index is 520. The molecule has 0 radical (unpaired) electrons. The third-order valence-electron chi connectivity index (χ3n) is 4.69. The lowest BCUT2D eigenvalue weighted by molar-refractivity contribution is 0.0935. The van der Waals surface area contributed by atoms with E-state index in [1.807, 2.05) is 26.0 Å². The Hall–Kier alpha value is -1.65. The van der Waals surface area contributed by atoms with Crippen LogP contribution < -0.4 is 0 Å². The summed E-state index contributed by atoms with van der Waals surface area (Å²) in [7, 11) is 0. The van der Waals surface area contributed by atoms with Gasteiger partial charge in [-0.25, -0.2) is 0 Å². The standard InChI is InChI=1S/C15H19NO3.C4H8/c17-13-3-1-10(2-4-13)15(19)9-16-7-11-5-14(18)6-12(11)8-16;1-3-4-2/h1-4,11-12,14,17-18H,5-9H2;3-4H,1-2H3/b;4-3-/t11-,12+,14?;. The van der Waals surface area contributed by atoms with Crippen LogP contribution in [-0.2, 0) is 0 Å². The van der Waals surface area contributed by atoms with E-state index in [0.29, 0.717) is 23.9 Å². The van der Waals surface area contributed by atoms with Crippen LogP contribution in [0.1, 0.15) is 37.0 Å². The fourth-order valence-corrected chi connectivity index (χ4v) is 3.44. The summed E-state index contributed by atoms with van der Waals surface area (Å²) in [5.41, 5.74) is 0.648. The quantitative estimate of drug-likeness (QED) is 0.665. The number of carbonyl (C=O) groups is 1. The number of allylic oxidation sites excluding steroid dienone is 2. The maximum atomic E-state index is 12.1. The smallest absolute Gasteiger partial charge is 0.176 e. The van der Waals surface area contributed by atoms with Gasteiger partial charge in [0.1, 0.15) is 5.75 Å². The number of aliphatic hydroxyl groups is 1. The van der Waals surface area contributed by atoms with Crippen molar-refractivity contribution in [2.24, 2.45) is 11.8 Å². The summed E-state index contributed by atoms with van der Waals surface area (Å²) in [6, 6.07) is 6.42. The van der Waals surface area contributed by atoms with Gasteiger partial charge in [0, 0.05) is 18.7 Å². The molecule has 4 nitrogen and oxygen atoms in total. The number of fused-ring (bicyclic) bond motifs is 1. The van der Waals surface area contributed by atoms with Crippen molar-refractivity contribution in [1.29, 1.82) is 0 Å². The Morgan fingerprint density at radius 1 is 1.13 bits per heavy atom. The number of hydrogen-bond donors (Lipinski definition) is 2. The van der Waals surface area contributed by atoms with Crippen molar-refractivity contribution in [3.63, 3.8) is 0 Å². The van der Waals surface area contributed by atoms with Crippen molar-refractivity contribution in [1.82, 2.24) is 4.90 Å². The summed E-state index contributed by atoms with van der Waals surface area (Å²) >= 11 is 0. The van der Waals surface area contributed by atoms with Crippen molar-refractivity contribution in [3.8, 4) is 5.75 Å².